The summed E-state index contributed by atoms with van der Waals surface area (Å²) in [6.45, 7) is 9.10. The van der Waals surface area contributed by atoms with Gasteiger partial charge in [-0.15, -0.1) is 0 Å². The van der Waals surface area contributed by atoms with E-state index >= 15 is 0 Å². The Morgan fingerprint density at radius 3 is 2.37 bits per heavy atom. The third kappa shape index (κ3) is 4.32. The first-order valence-electron chi connectivity index (χ1n) is 10.9. The number of nitrogens with zero attached hydrogens (tertiary/aromatic N) is 1. The number of carbonyl (C=O) groups is 1. The van der Waals surface area contributed by atoms with Crippen LogP contribution < -0.4 is 20.3 Å². The van der Waals surface area contributed by atoms with Crippen LogP contribution in [-0.2, 0) is 6.54 Å². The number of carbonyl (C=O) groups excluding carboxylic acids is 1. The van der Waals surface area contributed by atoms with Crippen molar-refractivity contribution in [1.29, 1.82) is 0 Å². The molecule has 1 amide bonds. The second-order valence-electron chi connectivity index (χ2n) is 8.99. The summed E-state index contributed by atoms with van der Waals surface area (Å²) in [7, 11) is 3.09. The summed E-state index contributed by atoms with van der Waals surface area (Å²) in [6, 6.07) is 3.55. The normalized spacial score (nSPS) is 21.6. The molecule has 1 aliphatic carbocycles. The van der Waals surface area contributed by atoms with Crippen LogP contribution in [0.15, 0.2) is 23.1 Å². The van der Waals surface area contributed by atoms with E-state index in [1.165, 1.54) is 6.42 Å². The highest BCUT2D eigenvalue weighted by atomic mass is 16.5. The van der Waals surface area contributed by atoms with Crippen LogP contribution in [0.25, 0.3) is 10.8 Å². The summed E-state index contributed by atoms with van der Waals surface area (Å²) in [4.78, 5) is 26.5. The molecule has 1 heterocycles. The number of methoxy groups -OCH3 is 2. The summed E-state index contributed by atoms with van der Waals surface area (Å²) in [5.41, 5.74) is 0.368. The highest BCUT2D eigenvalue weighted by Gasteiger charge is 2.29. The third-order valence-electron chi connectivity index (χ3n) is 6.42. The summed E-state index contributed by atoms with van der Waals surface area (Å²) < 4.78 is 12.5. The monoisotopic (exact) mass is 414 g/mol. The molecular weight excluding hydrogens is 380 g/mol. The molecule has 3 unspecified atom stereocenters. The average Bonchev–Trinajstić information content (AvgIpc) is 2.72. The quantitative estimate of drug-likeness (QED) is 0.768. The molecule has 1 saturated carbocycles. The number of aromatic nitrogens is 1. The van der Waals surface area contributed by atoms with E-state index in [-0.39, 0.29) is 23.4 Å². The van der Waals surface area contributed by atoms with Crippen molar-refractivity contribution in [3.8, 4) is 11.5 Å². The number of rotatable bonds is 6. The minimum atomic E-state index is -0.143. The number of amides is 1. The summed E-state index contributed by atoms with van der Waals surface area (Å²) in [5.74, 6) is 2.11. The molecule has 1 aliphatic rings. The Morgan fingerprint density at radius 1 is 1.13 bits per heavy atom. The average molecular weight is 415 g/mol. The van der Waals surface area contributed by atoms with Crippen LogP contribution >= 0.6 is 0 Å². The maximum Gasteiger partial charge on any atom is 0.258 e. The molecule has 1 fully saturated rings. The van der Waals surface area contributed by atoms with Gasteiger partial charge in [-0.05, 0) is 36.3 Å². The lowest BCUT2D eigenvalue weighted by Gasteiger charge is -2.34. The van der Waals surface area contributed by atoms with Crippen LogP contribution in [0.3, 0.4) is 0 Å². The Kier molecular flexibility index (Phi) is 6.74. The van der Waals surface area contributed by atoms with Gasteiger partial charge in [0, 0.05) is 24.2 Å². The number of benzene rings is 1. The van der Waals surface area contributed by atoms with E-state index in [9.17, 15) is 9.59 Å². The summed E-state index contributed by atoms with van der Waals surface area (Å²) in [5, 5.41) is 4.30. The number of ether oxygens (including phenoxy) is 2. The number of pyridine rings is 1. The molecule has 0 spiro atoms. The predicted octanol–water partition coefficient (Wildman–Crippen LogP) is 4.23. The van der Waals surface area contributed by atoms with E-state index in [1.54, 1.807) is 37.1 Å². The van der Waals surface area contributed by atoms with Crippen LogP contribution in [0.2, 0.25) is 0 Å². The SMILES string of the molecule is COc1cc2c(C(=O)NC3CCCC(C)C3C)cn(CC(C)C)c(=O)c2cc1OC. The van der Waals surface area contributed by atoms with Crippen molar-refractivity contribution < 1.29 is 14.3 Å². The fraction of sp³-hybridized carbons (Fsp3) is 0.583. The highest BCUT2D eigenvalue weighted by Crippen LogP contribution is 2.33. The molecular formula is C24H34N2O4. The first kappa shape index (κ1) is 22.2. The van der Waals surface area contributed by atoms with Crippen molar-refractivity contribution in [1.82, 2.24) is 9.88 Å². The molecule has 1 N–H and O–H groups in total. The van der Waals surface area contributed by atoms with Crippen LogP contribution in [0, 0.1) is 17.8 Å². The summed E-state index contributed by atoms with van der Waals surface area (Å²) in [6.07, 6.45) is 5.00. The van der Waals surface area contributed by atoms with E-state index in [1.807, 2.05) is 0 Å². The van der Waals surface area contributed by atoms with Gasteiger partial charge in [-0.3, -0.25) is 9.59 Å². The Morgan fingerprint density at radius 2 is 1.77 bits per heavy atom. The van der Waals surface area contributed by atoms with Gasteiger partial charge in [-0.1, -0.05) is 40.5 Å². The maximum atomic E-state index is 13.4. The minimum absolute atomic E-state index is 0.129. The van der Waals surface area contributed by atoms with Crippen molar-refractivity contribution in [3.63, 3.8) is 0 Å². The Labute approximate surface area is 178 Å². The summed E-state index contributed by atoms with van der Waals surface area (Å²) >= 11 is 0. The molecule has 6 heteroatoms. The molecule has 2 aromatic rings. The van der Waals surface area contributed by atoms with Gasteiger partial charge in [-0.25, -0.2) is 0 Å². The van der Waals surface area contributed by atoms with Gasteiger partial charge < -0.3 is 19.4 Å². The molecule has 0 bridgehead atoms. The van der Waals surface area contributed by atoms with E-state index in [0.29, 0.717) is 46.2 Å². The van der Waals surface area contributed by atoms with Crippen molar-refractivity contribution in [2.24, 2.45) is 17.8 Å². The van der Waals surface area contributed by atoms with Crippen LogP contribution in [0.5, 0.6) is 11.5 Å². The maximum absolute atomic E-state index is 13.4. The number of hydrogen-bond acceptors (Lipinski definition) is 4. The fourth-order valence-corrected chi connectivity index (χ4v) is 4.46. The lowest BCUT2D eigenvalue weighted by molar-refractivity contribution is 0.0892. The van der Waals surface area contributed by atoms with Crippen molar-refractivity contribution in [3.05, 3.63) is 34.2 Å². The molecule has 0 radical (unpaired) electrons. The lowest BCUT2D eigenvalue weighted by atomic mass is 9.78. The molecule has 1 aromatic carbocycles. The van der Waals surface area contributed by atoms with Crippen molar-refractivity contribution in [2.45, 2.75) is 59.5 Å². The smallest absolute Gasteiger partial charge is 0.258 e. The van der Waals surface area contributed by atoms with Crippen molar-refractivity contribution >= 4 is 16.7 Å². The first-order valence-corrected chi connectivity index (χ1v) is 10.9. The number of nitrogens with one attached hydrogen (secondary N) is 1. The standard InChI is InChI=1S/C24H34N2O4/c1-14(2)12-26-13-19(23(27)25-20-9-7-8-15(3)16(20)4)17-10-21(29-5)22(30-6)11-18(17)24(26)28/h10-11,13-16,20H,7-9,12H2,1-6H3,(H,25,27). The largest absolute Gasteiger partial charge is 0.493 e. The molecule has 1 aromatic heterocycles. The molecule has 0 aliphatic heterocycles. The molecule has 3 rings (SSSR count). The van der Waals surface area contributed by atoms with E-state index in [4.69, 9.17) is 9.47 Å². The Hall–Kier alpha value is -2.50. The van der Waals surface area contributed by atoms with Crippen LogP contribution in [0.4, 0.5) is 0 Å². The fourth-order valence-electron chi connectivity index (χ4n) is 4.46. The van der Waals surface area contributed by atoms with Crippen LogP contribution in [0.1, 0.15) is 57.3 Å². The van der Waals surface area contributed by atoms with Gasteiger partial charge in [0.1, 0.15) is 0 Å². The molecule has 3 atom stereocenters. The van der Waals surface area contributed by atoms with Gasteiger partial charge >= 0.3 is 0 Å². The first-order chi connectivity index (χ1) is 14.3. The van der Waals surface area contributed by atoms with Gasteiger partial charge in [0.2, 0.25) is 0 Å². The predicted molar refractivity (Wildman–Crippen MR) is 120 cm³/mol. The van der Waals surface area contributed by atoms with E-state index in [0.717, 1.165) is 12.8 Å². The Bertz CT molecular complexity index is 979. The third-order valence-corrected chi connectivity index (χ3v) is 6.42. The van der Waals surface area contributed by atoms with Crippen LogP contribution in [-0.4, -0.2) is 30.7 Å². The lowest BCUT2D eigenvalue weighted by Crippen LogP contribution is -2.44. The van der Waals surface area contributed by atoms with Gasteiger partial charge in [0.05, 0.1) is 25.2 Å². The minimum Gasteiger partial charge on any atom is -0.493 e. The Balaban J connectivity index is 2.12. The topological polar surface area (TPSA) is 69.6 Å². The molecule has 6 nitrogen and oxygen atoms in total. The molecule has 164 valence electrons. The van der Waals surface area contributed by atoms with Gasteiger partial charge in [-0.2, -0.15) is 0 Å². The van der Waals surface area contributed by atoms with Gasteiger partial charge in [0.25, 0.3) is 11.5 Å². The van der Waals surface area contributed by atoms with Gasteiger partial charge in [0.15, 0.2) is 11.5 Å². The molecule has 0 saturated heterocycles. The second kappa shape index (κ2) is 9.11. The number of hydrogen-bond donors (Lipinski definition) is 1. The second-order valence-corrected chi connectivity index (χ2v) is 8.99. The van der Waals surface area contributed by atoms with E-state index < -0.39 is 0 Å². The molecule has 30 heavy (non-hydrogen) atoms. The zero-order valence-corrected chi connectivity index (χ0v) is 19.0. The number of fused-ring (bicyclic) bond motifs is 1. The van der Waals surface area contributed by atoms with Crippen molar-refractivity contribution in [2.75, 3.05) is 14.2 Å². The van der Waals surface area contributed by atoms with E-state index in [2.05, 4.69) is 33.0 Å². The highest BCUT2D eigenvalue weighted by molar-refractivity contribution is 6.07. The zero-order chi connectivity index (χ0) is 22.0. The zero-order valence-electron chi connectivity index (χ0n) is 19.0.